The van der Waals surface area contributed by atoms with E-state index in [1.54, 1.807) is 0 Å². The van der Waals surface area contributed by atoms with Crippen LogP contribution in [0, 0.1) is 0 Å². The molecule has 0 radical (unpaired) electrons. The Labute approximate surface area is 197 Å². The van der Waals surface area contributed by atoms with Gasteiger partial charge in [0.15, 0.2) is 0 Å². The van der Waals surface area contributed by atoms with E-state index < -0.39 is 0 Å². The van der Waals surface area contributed by atoms with Crippen LogP contribution in [0.15, 0.2) is 91.0 Å². The van der Waals surface area contributed by atoms with E-state index in [1.165, 1.54) is 83.1 Å². The summed E-state index contributed by atoms with van der Waals surface area (Å²) < 4.78 is 2.53. The smallest absolute Gasteiger partial charge is 0.0576 e. The molecule has 0 spiro atoms. The Hall–Kier alpha value is -4.10. The molecule has 0 amide bonds. The Morgan fingerprint density at radius 2 is 1.24 bits per heavy atom. The zero-order valence-corrected chi connectivity index (χ0v) is 18.7. The quantitative estimate of drug-likeness (QED) is 0.231. The zero-order chi connectivity index (χ0) is 22.0. The lowest BCUT2D eigenvalue weighted by Gasteiger charge is -2.20. The van der Waals surface area contributed by atoms with Gasteiger partial charge in [-0.25, -0.2) is 0 Å². The Balaban J connectivity index is 1.39. The van der Waals surface area contributed by atoms with Crippen molar-refractivity contribution in [2.45, 2.75) is 19.3 Å². The molecule has 5 aromatic carbocycles. The van der Waals surface area contributed by atoms with E-state index in [1.807, 2.05) is 0 Å². The summed E-state index contributed by atoms with van der Waals surface area (Å²) in [7, 11) is 0. The maximum absolute atomic E-state index is 2.53. The molecule has 34 heavy (non-hydrogen) atoms. The minimum absolute atomic E-state index is 1.01. The van der Waals surface area contributed by atoms with Crippen LogP contribution in [0.2, 0.25) is 0 Å². The van der Waals surface area contributed by atoms with E-state index in [9.17, 15) is 0 Å². The van der Waals surface area contributed by atoms with Gasteiger partial charge in [-0.1, -0.05) is 66.7 Å². The van der Waals surface area contributed by atoms with Gasteiger partial charge in [-0.05, 0) is 92.7 Å². The molecule has 0 atom stereocenters. The SMILES string of the molecule is c1ccc2c(c1)Cc1cc3c(cc1-2)Cc1ccc2c(c1-3)c1cccc3c1n2-c1ccccc1C3. The predicted octanol–water partition coefficient (Wildman–Crippen LogP) is 7.83. The summed E-state index contributed by atoms with van der Waals surface area (Å²) in [6, 6.07) is 34.5. The lowest BCUT2D eigenvalue weighted by Crippen LogP contribution is -2.07. The first-order chi connectivity index (χ1) is 16.8. The van der Waals surface area contributed by atoms with Crippen LogP contribution in [0.5, 0.6) is 0 Å². The van der Waals surface area contributed by atoms with Crippen molar-refractivity contribution >= 4 is 21.8 Å². The first kappa shape index (κ1) is 17.4. The second-order valence-corrected chi connectivity index (χ2v) is 10.1. The molecule has 0 unspecified atom stereocenters. The predicted molar refractivity (Wildman–Crippen MR) is 140 cm³/mol. The van der Waals surface area contributed by atoms with Crippen molar-refractivity contribution in [3.63, 3.8) is 0 Å². The number of hydrogen-bond donors (Lipinski definition) is 0. The van der Waals surface area contributed by atoms with E-state index >= 15 is 0 Å². The largest absolute Gasteiger partial charge is 0.309 e. The highest BCUT2D eigenvalue weighted by atomic mass is 15.0. The third-order valence-corrected chi connectivity index (χ3v) is 8.40. The summed E-state index contributed by atoms with van der Waals surface area (Å²) in [6.07, 6.45) is 3.08. The van der Waals surface area contributed by atoms with E-state index in [-0.39, 0.29) is 0 Å². The topological polar surface area (TPSA) is 4.93 Å². The summed E-state index contributed by atoms with van der Waals surface area (Å²) in [5.41, 5.74) is 18.6. The molecule has 6 aromatic rings. The van der Waals surface area contributed by atoms with Crippen molar-refractivity contribution in [1.29, 1.82) is 0 Å². The van der Waals surface area contributed by atoms with Crippen LogP contribution in [0.3, 0.4) is 0 Å². The Morgan fingerprint density at radius 3 is 2.21 bits per heavy atom. The molecule has 158 valence electrons. The summed E-state index contributed by atoms with van der Waals surface area (Å²) in [5.74, 6) is 0. The van der Waals surface area contributed by atoms with Crippen molar-refractivity contribution in [3.05, 3.63) is 124 Å². The minimum atomic E-state index is 1.01. The molecule has 1 heteroatoms. The van der Waals surface area contributed by atoms with Crippen molar-refractivity contribution in [3.8, 4) is 27.9 Å². The van der Waals surface area contributed by atoms with Crippen LogP contribution < -0.4 is 0 Å². The minimum Gasteiger partial charge on any atom is -0.309 e. The summed E-state index contributed by atoms with van der Waals surface area (Å²) in [6.45, 7) is 0. The Bertz CT molecular complexity index is 1880. The van der Waals surface area contributed by atoms with Crippen molar-refractivity contribution < 1.29 is 0 Å². The molecular formula is C33H21N. The lowest BCUT2D eigenvalue weighted by atomic mass is 9.94. The van der Waals surface area contributed by atoms with Crippen molar-refractivity contribution in [1.82, 2.24) is 4.57 Å². The van der Waals surface area contributed by atoms with Crippen LogP contribution >= 0.6 is 0 Å². The first-order valence-electron chi connectivity index (χ1n) is 12.3. The third-order valence-electron chi connectivity index (χ3n) is 8.40. The molecule has 0 fully saturated rings. The van der Waals surface area contributed by atoms with Gasteiger partial charge < -0.3 is 4.57 Å². The fraction of sp³-hybridized carbons (Fsp3) is 0.0909. The van der Waals surface area contributed by atoms with Gasteiger partial charge in [0.1, 0.15) is 0 Å². The number of benzene rings is 5. The monoisotopic (exact) mass is 431 g/mol. The third kappa shape index (κ3) is 1.98. The number of aromatic nitrogens is 1. The molecular weight excluding hydrogens is 410 g/mol. The summed E-state index contributed by atoms with van der Waals surface area (Å²) in [5, 5.41) is 2.83. The Kier molecular flexibility index (Phi) is 3.00. The standard InChI is InChI=1S/C33H21N/c1-3-9-25-19(6-1)14-23-18-28-24(17-27(23)25)16-21-12-13-30-32(31(21)28)26-10-5-8-22-15-20-7-2-4-11-29(20)34(30)33(22)26/h1-13,17-18H,14-16H2. The Morgan fingerprint density at radius 1 is 0.500 bits per heavy atom. The average molecular weight is 432 g/mol. The van der Waals surface area contributed by atoms with E-state index in [2.05, 4.69) is 95.6 Å². The van der Waals surface area contributed by atoms with Crippen LogP contribution in [0.1, 0.15) is 33.4 Å². The molecule has 2 heterocycles. The van der Waals surface area contributed by atoms with Gasteiger partial charge in [0.05, 0.1) is 11.0 Å². The molecule has 1 aliphatic heterocycles. The molecule has 0 saturated carbocycles. The van der Waals surface area contributed by atoms with Gasteiger partial charge in [-0.15, -0.1) is 0 Å². The highest BCUT2D eigenvalue weighted by Gasteiger charge is 2.30. The van der Waals surface area contributed by atoms with Gasteiger partial charge in [0.25, 0.3) is 0 Å². The highest BCUT2D eigenvalue weighted by Crippen LogP contribution is 2.50. The maximum Gasteiger partial charge on any atom is 0.0576 e. The van der Waals surface area contributed by atoms with Gasteiger partial charge in [0, 0.05) is 22.9 Å². The number of rotatable bonds is 0. The molecule has 0 saturated heterocycles. The fourth-order valence-electron chi connectivity index (χ4n) is 7.02. The molecule has 0 N–H and O–H groups in total. The van der Waals surface area contributed by atoms with Crippen LogP contribution in [0.25, 0.3) is 49.7 Å². The zero-order valence-electron chi connectivity index (χ0n) is 18.7. The average Bonchev–Trinajstić information content (AvgIpc) is 3.53. The maximum atomic E-state index is 2.53. The number of para-hydroxylation sites is 2. The van der Waals surface area contributed by atoms with Gasteiger partial charge in [0.2, 0.25) is 0 Å². The second kappa shape index (κ2) is 5.87. The molecule has 0 bridgehead atoms. The highest BCUT2D eigenvalue weighted by molar-refractivity contribution is 6.18. The normalized spacial score (nSPS) is 14.1. The van der Waals surface area contributed by atoms with Crippen LogP contribution in [-0.4, -0.2) is 4.57 Å². The second-order valence-electron chi connectivity index (χ2n) is 10.1. The van der Waals surface area contributed by atoms with Gasteiger partial charge in [-0.3, -0.25) is 0 Å². The molecule has 2 aliphatic carbocycles. The number of hydrogen-bond acceptors (Lipinski definition) is 0. The van der Waals surface area contributed by atoms with Crippen molar-refractivity contribution in [2.24, 2.45) is 0 Å². The molecule has 1 aromatic heterocycles. The number of nitrogens with zero attached hydrogens (tertiary/aromatic N) is 1. The van der Waals surface area contributed by atoms with E-state index in [4.69, 9.17) is 0 Å². The summed E-state index contributed by atoms with van der Waals surface area (Å²) >= 11 is 0. The number of fused-ring (bicyclic) bond motifs is 12. The van der Waals surface area contributed by atoms with Crippen LogP contribution in [0.4, 0.5) is 0 Å². The van der Waals surface area contributed by atoms with Gasteiger partial charge in [-0.2, -0.15) is 0 Å². The molecule has 9 rings (SSSR count). The first-order valence-corrected chi connectivity index (χ1v) is 12.3. The lowest BCUT2D eigenvalue weighted by molar-refractivity contribution is 1.04. The van der Waals surface area contributed by atoms with E-state index in [0.29, 0.717) is 0 Å². The molecule has 3 aliphatic rings. The van der Waals surface area contributed by atoms with Crippen molar-refractivity contribution in [2.75, 3.05) is 0 Å². The molecule has 1 nitrogen and oxygen atoms in total. The van der Waals surface area contributed by atoms with Gasteiger partial charge >= 0.3 is 0 Å². The van der Waals surface area contributed by atoms with Crippen LogP contribution in [-0.2, 0) is 19.3 Å². The summed E-state index contributed by atoms with van der Waals surface area (Å²) in [4.78, 5) is 0. The fourth-order valence-corrected chi connectivity index (χ4v) is 7.02. The van der Waals surface area contributed by atoms with E-state index in [0.717, 1.165) is 19.3 Å².